The minimum atomic E-state index is 0.105. The number of hydrogen-bond acceptors (Lipinski definition) is 4. The van der Waals surface area contributed by atoms with Gasteiger partial charge < -0.3 is 14.4 Å². The van der Waals surface area contributed by atoms with Crippen LogP contribution in [0.1, 0.15) is 5.56 Å². The lowest BCUT2D eigenvalue weighted by Gasteiger charge is -2.26. The van der Waals surface area contributed by atoms with Gasteiger partial charge in [0.05, 0.1) is 25.3 Å². The molecule has 1 aromatic heterocycles. The van der Waals surface area contributed by atoms with Gasteiger partial charge in [-0.2, -0.15) is 0 Å². The topological polar surface area (TPSA) is 34.6 Å². The van der Waals surface area contributed by atoms with Crippen molar-refractivity contribution in [2.24, 2.45) is 11.3 Å². The Morgan fingerprint density at radius 3 is 3.13 bits per heavy atom. The van der Waals surface area contributed by atoms with Crippen molar-refractivity contribution < 1.29 is 9.47 Å². The summed E-state index contributed by atoms with van der Waals surface area (Å²) < 4.78 is 11.2. The minimum Gasteiger partial charge on any atom is -0.384 e. The van der Waals surface area contributed by atoms with Crippen molar-refractivity contribution in [1.82, 2.24) is 4.98 Å². The highest BCUT2D eigenvalue weighted by molar-refractivity contribution is 6.31. The summed E-state index contributed by atoms with van der Waals surface area (Å²) in [6.07, 6.45) is 0. The summed E-state index contributed by atoms with van der Waals surface area (Å²) in [5.74, 6) is 1.54. The highest BCUT2D eigenvalue weighted by Gasteiger charge is 2.51. The molecule has 1 aromatic carbocycles. The number of fused-ring (bicyclic) bond motifs is 2. The molecule has 5 heteroatoms. The van der Waals surface area contributed by atoms with Crippen LogP contribution in [0.3, 0.4) is 0 Å². The van der Waals surface area contributed by atoms with Crippen molar-refractivity contribution in [3.63, 3.8) is 0 Å². The Hall–Kier alpha value is -1.36. The van der Waals surface area contributed by atoms with E-state index in [0.29, 0.717) is 5.92 Å². The summed E-state index contributed by atoms with van der Waals surface area (Å²) in [4.78, 5) is 7.23. The fourth-order valence-electron chi connectivity index (χ4n) is 4.02. The minimum absolute atomic E-state index is 0.105. The van der Waals surface area contributed by atoms with Crippen molar-refractivity contribution in [2.45, 2.75) is 6.92 Å². The van der Waals surface area contributed by atoms with Crippen LogP contribution in [0.4, 0.5) is 5.82 Å². The van der Waals surface area contributed by atoms with E-state index >= 15 is 0 Å². The van der Waals surface area contributed by atoms with Crippen LogP contribution in [0, 0.1) is 18.3 Å². The molecule has 4 rings (SSSR count). The van der Waals surface area contributed by atoms with Crippen molar-refractivity contribution in [2.75, 3.05) is 44.9 Å². The Balaban J connectivity index is 1.70. The molecule has 0 bridgehead atoms. The van der Waals surface area contributed by atoms with Crippen LogP contribution in [0.2, 0.25) is 5.02 Å². The fraction of sp³-hybridized carbons (Fsp3) is 0.500. The quantitative estimate of drug-likeness (QED) is 0.864. The molecule has 0 unspecified atom stereocenters. The van der Waals surface area contributed by atoms with Crippen LogP contribution in [0.15, 0.2) is 24.3 Å². The summed E-state index contributed by atoms with van der Waals surface area (Å²) in [5.41, 5.74) is 2.30. The van der Waals surface area contributed by atoms with E-state index in [1.165, 1.54) is 5.56 Å². The molecule has 2 fully saturated rings. The molecule has 2 saturated heterocycles. The smallest absolute Gasteiger partial charge is 0.129 e. The Labute approximate surface area is 141 Å². The summed E-state index contributed by atoms with van der Waals surface area (Å²) in [5, 5.41) is 1.89. The highest BCUT2D eigenvalue weighted by Crippen LogP contribution is 2.43. The van der Waals surface area contributed by atoms with E-state index in [1.807, 2.05) is 18.2 Å². The summed E-state index contributed by atoms with van der Waals surface area (Å²) in [7, 11) is 1.77. The highest BCUT2D eigenvalue weighted by atomic mass is 35.5. The van der Waals surface area contributed by atoms with E-state index in [4.69, 9.17) is 26.1 Å². The fourth-order valence-corrected chi connectivity index (χ4v) is 4.18. The van der Waals surface area contributed by atoms with Crippen LogP contribution in [-0.4, -0.2) is 45.0 Å². The molecule has 122 valence electrons. The average Bonchev–Trinajstić information content (AvgIpc) is 3.03. The average molecular weight is 333 g/mol. The number of halogens is 1. The zero-order chi connectivity index (χ0) is 16.0. The lowest BCUT2D eigenvalue weighted by molar-refractivity contribution is 0.0660. The number of ether oxygens (including phenoxy) is 2. The molecular weight excluding hydrogens is 312 g/mol. The maximum atomic E-state index is 6.14. The van der Waals surface area contributed by atoms with Crippen molar-refractivity contribution in [1.29, 1.82) is 0 Å². The molecule has 0 radical (unpaired) electrons. The van der Waals surface area contributed by atoms with E-state index < -0.39 is 0 Å². The third-order valence-electron chi connectivity index (χ3n) is 5.24. The Kier molecular flexibility index (Phi) is 3.71. The van der Waals surface area contributed by atoms with Crippen LogP contribution in [0.5, 0.6) is 0 Å². The van der Waals surface area contributed by atoms with Gasteiger partial charge in [0, 0.05) is 41.9 Å². The van der Waals surface area contributed by atoms with Gasteiger partial charge in [0.25, 0.3) is 0 Å². The molecule has 2 aliphatic heterocycles. The predicted molar refractivity (Wildman–Crippen MR) is 92.3 cm³/mol. The number of aromatic nitrogens is 1. The molecule has 0 spiro atoms. The molecule has 3 heterocycles. The van der Waals surface area contributed by atoms with Gasteiger partial charge in [0.15, 0.2) is 0 Å². The predicted octanol–water partition coefficient (Wildman–Crippen LogP) is 3.30. The molecule has 4 nitrogen and oxygen atoms in total. The standard InChI is InChI=1S/C18H21ClN2O2/c1-12-5-17(20-16-6-14(19)3-4-15(12)16)21-7-13-8-23-11-18(13,9-21)10-22-2/h3-6,13H,7-11H2,1-2H3/t13-,18-/m0/s1. The Morgan fingerprint density at radius 2 is 2.30 bits per heavy atom. The van der Waals surface area contributed by atoms with E-state index in [-0.39, 0.29) is 5.41 Å². The maximum absolute atomic E-state index is 6.14. The zero-order valence-corrected chi connectivity index (χ0v) is 14.3. The zero-order valence-electron chi connectivity index (χ0n) is 13.5. The van der Waals surface area contributed by atoms with Crippen LogP contribution < -0.4 is 4.90 Å². The van der Waals surface area contributed by atoms with Gasteiger partial charge in [-0.15, -0.1) is 0 Å². The van der Waals surface area contributed by atoms with Crippen LogP contribution >= 0.6 is 11.6 Å². The van der Waals surface area contributed by atoms with Gasteiger partial charge in [0.2, 0.25) is 0 Å². The van der Waals surface area contributed by atoms with Crippen molar-refractivity contribution in [3.05, 3.63) is 34.9 Å². The monoisotopic (exact) mass is 332 g/mol. The van der Waals surface area contributed by atoms with Crippen molar-refractivity contribution >= 4 is 28.3 Å². The first-order chi connectivity index (χ1) is 11.1. The number of anilines is 1. The first-order valence-corrected chi connectivity index (χ1v) is 8.38. The van der Waals surface area contributed by atoms with E-state index in [0.717, 1.165) is 54.7 Å². The summed E-state index contributed by atoms with van der Waals surface area (Å²) >= 11 is 6.14. The van der Waals surface area contributed by atoms with E-state index in [2.05, 4.69) is 17.9 Å². The Morgan fingerprint density at radius 1 is 1.43 bits per heavy atom. The molecule has 23 heavy (non-hydrogen) atoms. The normalized spacial score (nSPS) is 26.9. The molecule has 0 N–H and O–H groups in total. The Bertz CT molecular complexity index is 751. The van der Waals surface area contributed by atoms with Gasteiger partial charge in [-0.1, -0.05) is 17.7 Å². The van der Waals surface area contributed by atoms with Gasteiger partial charge in [-0.05, 0) is 30.7 Å². The molecule has 0 amide bonds. The number of rotatable bonds is 3. The number of benzene rings is 1. The van der Waals surface area contributed by atoms with Gasteiger partial charge in [-0.3, -0.25) is 0 Å². The SMILES string of the molecule is COC[C@@]12COC[C@@H]1CN(c1cc(C)c3ccc(Cl)cc3n1)C2. The number of pyridine rings is 1. The molecule has 2 aliphatic rings. The second-order valence-electron chi connectivity index (χ2n) is 6.85. The second-order valence-corrected chi connectivity index (χ2v) is 7.28. The maximum Gasteiger partial charge on any atom is 0.129 e. The molecule has 0 saturated carbocycles. The lowest BCUT2D eigenvalue weighted by atomic mass is 9.82. The summed E-state index contributed by atoms with van der Waals surface area (Å²) in [6.45, 7) is 6.38. The summed E-state index contributed by atoms with van der Waals surface area (Å²) in [6, 6.07) is 8.09. The second kappa shape index (κ2) is 5.62. The van der Waals surface area contributed by atoms with E-state index in [1.54, 1.807) is 7.11 Å². The van der Waals surface area contributed by atoms with E-state index in [9.17, 15) is 0 Å². The molecule has 2 aromatic rings. The number of aryl methyl sites for hydroxylation is 1. The molecule has 2 atom stereocenters. The number of hydrogen-bond donors (Lipinski definition) is 0. The lowest BCUT2D eigenvalue weighted by Crippen LogP contribution is -2.35. The van der Waals surface area contributed by atoms with Crippen LogP contribution in [-0.2, 0) is 9.47 Å². The largest absolute Gasteiger partial charge is 0.384 e. The van der Waals surface area contributed by atoms with Gasteiger partial charge in [-0.25, -0.2) is 4.98 Å². The third kappa shape index (κ3) is 2.49. The first-order valence-electron chi connectivity index (χ1n) is 8.00. The molecule has 0 aliphatic carbocycles. The van der Waals surface area contributed by atoms with Crippen LogP contribution in [0.25, 0.3) is 10.9 Å². The number of methoxy groups -OCH3 is 1. The number of nitrogens with zero attached hydrogens (tertiary/aromatic N) is 2. The first kappa shape index (κ1) is 15.2. The van der Waals surface area contributed by atoms with Gasteiger partial charge >= 0.3 is 0 Å². The van der Waals surface area contributed by atoms with Crippen molar-refractivity contribution in [3.8, 4) is 0 Å². The van der Waals surface area contributed by atoms with Gasteiger partial charge in [0.1, 0.15) is 5.82 Å². The third-order valence-corrected chi connectivity index (χ3v) is 5.48. The molecular formula is C18H21ClN2O2.